The van der Waals surface area contributed by atoms with Crippen molar-refractivity contribution in [2.45, 2.75) is 26.2 Å². The van der Waals surface area contributed by atoms with Gasteiger partial charge in [0.15, 0.2) is 0 Å². The zero-order valence-corrected chi connectivity index (χ0v) is 15.3. The van der Waals surface area contributed by atoms with Crippen molar-refractivity contribution in [2.75, 3.05) is 16.8 Å². The molecule has 4 nitrogen and oxygen atoms in total. The van der Waals surface area contributed by atoms with Gasteiger partial charge < -0.3 is 10.2 Å². The lowest BCUT2D eigenvalue weighted by Gasteiger charge is -2.29. The first-order valence-corrected chi connectivity index (χ1v) is 8.95. The van der Waals surface area contributed by atoms with E-state index >= 15 is 0 Å². The smallest absolute Gasteiger partial charge is 0.257 e. The number of fused-ring (bicyclic) bond motifs is 1. The van der Waals surface area contributed by atoms with E-state index in [0.29, 0.717) is 27.7 Å². The molecule has 2 aromatic rings. The second-order valence-electron chi connectivity index (χ2n) is 5.92. The highest BCUT2D eigenvalue weighted by Crippen LogP contribution is 2.30. The van der Waals surface area contributed by atoms with Crippen LogP contribution in [0.3, 0.4) is 0 Å². The van der Waals surface area contributed by atoms with Gasteiger partial charge in [-0.15, -0.1) is 0 Å². The summed E-state index contributed by atoms with van der Waals surface area (Å²) in [7, 11) is 0. The van der Waals surface area contributed by atoms with Crippen molar-refractivity contribution in [1.82, 2.24) is 0 Å². The maximum atomic E-state index is 12.4. The summed E-state index contributed by atoms with van der Waals surface area (Å²) in [5.41, 5.74) is 3.04. The first-order chi connectivity index (χ1) is 12.0. The van der Waals surface area contributed by atoms with E-state index in [1.54, 1.807) is 18.2 Å². The fourth-order valence-electron chi connectivity index (χ4n) is 3.00. The third-order valence-corrected chi connectivity index (χ3v) is 4.78. The van der Waals surface area contributed by atoms with Gasteiger partial charge in [-0.05, 0) is 54.8 Å². The highest BCUT2D eigenvalue weighted by molar-refractivity contribution is 6.37. The van der Waals surface area contributed by atoms with Gasteiger partial charge >= 0.3 is 0 Å². The molecule has 0 aliphatic carbocycles. The first-order valence-electron chi connectivity index (χ1n) is 8.19. The molecule has 0 radical (unpaired) electrons. The van der Waals surface area contributed by atoms with Gasteiger partial charge in [0.05, 0.1) is 10.6 Å². The van der Waals surface area contributed by atoms with Crippen LogP contribution in [-0.4, -0.2) is 18.4 Å². The minimum Gasteiger partial charge on any atom is -0.322 e. The Kier molecular flexibility index (Phi) is 5.30. The molecular weight excluding hydrogens is 359 g/mol. The normalized spacial score (nSPS) is 13.3. The Labute approximate surface area is 156 Å². The first kappa shape index (κ1) is 17.8. The number of aryl methyl sites for hydroxylation is 1. The van der Waals surface area contributed by atoms with Crippen molar-refractivity contribution in [3.05, 3.63) is 57.6 Å². The number of hydrogen-bond donors (Lipinski definition) is 1. The van der Waals surface area contributed by atoms with Crippen molar-refractivity contribution in [3.8, 4) is 0 Å². The molecule has 2 aromatic carbocycles. The molecule has 0 saturated carbocycles. The topological polar surface area (TPSA) is 49.4 Å². The summed E-state index contributed by atoms with van der Waals surface area (Å²) in [5.74, 6) is -0.176. The van der Waals surface area contributed by atoms with Crippen LogP contribution < -0.4 is 10.2 Å². The summed E-state index contributed by atoms with van der Waals surface area (Å²) in [5, 5.41) is 3.65. The van der Waals surface area contributed by atoms with Gasteiger partial charge in [-0.3, -0.25) is 9.59 Å². The monoisotopic (exact) mass is 376 g/mol. The quantitative estimate of drug-likeness (QED) is 0.824. The van der Waals surface area contributed by atoms with E-state index in [9.17, 15) is 9.59 Å². The number of amides is 2. The van der Waals surface area contributed by atoms with E-state index in [1.807, 2.05) is 30.0 Å². The van der Waals surface area contributed by atoms with Crippen LogP contribution in [0.2, 0.25) is 10.0 Å². The van der Waals surface area contributed by atoms with Crippen LogP contribution in [-0.2, 0) is 11.2 Å². The standard InChI is InChI=1S/C19H18Cl2N2O2/c1-2-18(24)23-9-3-4-12-10-14(6-8-17(12)23)22-19(25)15-7-5-13(20)11-16(15)21/h5-8,10-11H,2-4,9H2,1H3,(H,22,25). The van der Waals surface area contributed by atoms with Gasteiger partial charge in [0.1, 0.15) is 0 Å². The largest absolute Gasteiger partial charge is 0.322 e. The molecule has 130 valence electrons. The molecule has 1 N–H and O–H groups in total. The van der Waals surface area contributed by atoms with Crippen LogP contribution >= 0.6 is 23.2 Å². The molecule has 1 aliphatic rings. The van der Waals surface area contributed by atoms with Crippen molar-refractivity contribution >= 4 is 46.4 Å². The van der Waals surface area contributed by atoms with E-state index < -0.39 is 0 Å². The second kappa shape index (κ2) is 7.46. The Morgan fingerprint density at radius 1 is 1.16 bits per heavy atom. The molecule has 1 heterocycles. The summed E-state index contributed by atoms with van der Waals surface area (Å²) < 4.78 is 0. The van der Waals surface area contributed by atoms with Gasteiger partial charge in [-0.2, -0.15) is 0 Å². The Bertz CT molecular complexity index is 836. The lowest BCUT2D eigenvalue weighted by Crippen LogP contribution is -2.34. The number of rotatable bonds is 3. The van der Waals surface area contributed by atoms with Crippen LogP contribution in [0.15, 0.2) is 36.4 Å². The van der Waals surface area contributed by atoms with Gasteiger partial charge in [-0.25, -0.2) is 0 Å². The summed E-state index contributed by atoms with van der Waals surface area (Å²) in [6.07, 6.45) is 2.28. The van der Waals surface area contributed by atoms with Crippen molar-refractivity contribution in [1.29, 1.82) is 0 Å². The number of benzene rings is 2. The Morgan fingerprint density at radius 2 is 1.96 bits per heavy atom. The number of carbonyl (C=O) groups excluding carboxylic acids is 2. The fourth-order valence-corrected chi connectivity index (χ4v) is 3.49. The molecule has 25 heavy (non-hydrogen) atoms. The van der Waals surface area contributed by atoms with Crippen LogP contribution in [0.4, 0.5) is 11.4 Å². The molecule has 0 saturated heterocycles. The highest BCUT2D eigenvalue weighted by Gasteiger charge is 2.22. The Morgan fingerprint density at radius 3 is 2.68 bits per heavy atom. The molecule has 0 spiro atoms. The predicted molar refractivity (Wildman–Crippen MR) is 102 cm³/mol. The summed E-state index contributed by atoms with van der Waals surface area (Å²) in [6, 6.07) is 10.4. The van der Waals surface area contributed by atoms with Crippen molar-refractivity contribution < 1.29 is 9.59 Å². The minimum atomic E-state index is -0.293. The zero-order chi connectivity index (χ0) is 18.0. The van der Waals surface area contributed by atoms with E-state index in [4.69, 9.17) is 23.2 Å². The predicted octanol–water partition coefficient (Wildman–Crippen LogP) is 4.93. The van der Waals surface area contributed by atoms with Crippen LogP contribution in [0, 0.1) is 0 Å². The SMILES string of the molecule is CCC(=O)N1CCCc2cc(NC(=O)c3ccc(Cl)cc3Cl)ccc21. The molecule has 2 amide bonds. The number of hydrogen-bond acceptors (Lipinski definition) is 2. The Balaban J connectivity index is 1.82. The van der Waals surface area contributed by atoms with E-state index in [0.717, 1.165) is 30.6 Å². The molecule has 3 rings (SSSR count). The number of carbonyl (C=O) groups is 2. The van der Waals surface area contributed by atoms with Crippen molar-refractivity contribution in [3.63, 3.8) is 0 Å². The molecular formula is C19H18Cl2N2O2. The lowest BCUT2D eigenvalue weighted by atomic mass is 10.0. The average Bonchev–Trinajstić information content (AvgIpc) is 2.60. The minimum absolute atomic E-state index is 0.116. The van der Waals surface area contributed by atoms with Crippen molar-refractivity contribution in [2.24, 2.45) is 0 Å². The third kappa shape index (κ3) is 3.80. The van der Waals surface area contributed by atoms with E-state index in [-0.39, 0.29) is 11.8 Å². The lowest BCUT2D eigenvalue weighted by molar-refractivity contribution is -0.118. The number of halogens is 2. The van der Waals surface area contributed by atoms with E-state index in [1.165, 1.54) is 0 Å². The fraction of sp³-hybridized carbons (Fsp3) is 0.263. The zero-order valence-electron chi connectivity index (χ0n) is 13.8. The highest BCUT2D eigenvalue weighted by atomic mass is 35.5. The maximum absolute atomic E-state index is 12.4. The van der Waals surface area contributed by atoms with E-state index in [2.05, 4.69) is 5.32 Å². The van der Waals surface area contributed by atoms with Gasteiger partial charge in [0, 0.05) is 29.4 Å². The van der Waals surface area contributed by atoms with Gasteiger partial charge in [-0.1, -0.05) is 30.1 Å². The number of nitrogens with one attached hydrogen (secondary N) is 1. The van der Waals surface area contributed by atoms with Gasteiger partial charge in [0.2, 0.25) is 5.91 Å². The maximum Gasteiger partial charge on any atom is 0.257 e. The molecule has 0 fully saturated rings. The number of anilines is 2. The molecule has 6 heteroatoms. The third-order valence-electron chi connectivity index (χ3n) is 4.24. The Hall–Kier alpha value is -2.04. The number of nitrogens with zero attached hydrogens (tertiary/aromatic N) is 1. The molecule has 0 atom stereocenters. The van der Waals surface area contributed by atoms with Crippen LogP contribution in [0.5, 0.6) is 0 Å². The second-order valence-corrected chi connectivity index (χ2v) is 6.77. The summed E-state index contributed by atoms with van der Waals surface area (Å²) in [4.78, 5) is 26.3. The summed E-state index contributed by atoms with van der Waals surface area (Å²) >= 11 is 12.0. The summed E-state index contributed by atoms with van der Waals surface area (Å²) in [6.45, 7) is 2.60. The molecule has 0 aromatic heterocycles. The van der Waals surface area contributed by atoms with Gasteiger partial charge in [0.25, 0.3) is 5.91 Å². The molecule has 0 unspecified atom stereocenters. The van der Waals surface area contributed by atoms with Crippen LogP contribution in [0.1, 0.15) is 35.7 Å². The molecule has 0 bridgehead atoms. The van der Waals surface area contributed by atoms with Crippen LogP contribution in [0.25, 0.3) is 0 Å². The average molecular weight is 377 g/mol. The molecule has 1 aliphatic heterocycles.